The number of imidazole rings is 1. The van der Waals surface area contributed by atoms with E-state index in [0.29, 0.717) is 29.6 Å². The highest BCUT2D eigenvalue weighted by Gasteiger charge is 2.32. The van der Waals surface area contributed by atoms with Crippen molar-refractivity contribution in [3.63, 3.8) is 0 Å². The van der Waals surface area contributed by atoms with E-state index in [1.165, 1.54) is 0 Å². The SMILES string of the molecule is O=C1c2ccccc2-c2c1c1ccccc1c(=O)n2CCn1ccnc1. The zero-order valence-electron chi connectivity index (χ0n) is 13.9. The van der Waals surface area contributed by atoms with E-state index in [1.807, 2.05) is 53.2 Å². The van der Waals surface area contributed by atoms with Crippen LogP contribution in [0, 0.1) is 0 Å². The summed E-state index contributed by atoms with van der Waals surface area (Å²) in [6.07, 6.45) is 5.31. The lowest BCUT2D eigenvalue weighted by Crippen LogP contribution is -2.25. The number of hydrogen-bond donors (Lipinski definition) is 0. The smallest absolute Gasteiger partial charge is 0.259 e. The summed E-state index contributed by atoms with van der Waals surface area (Å²) in [5, 5.41) is 1.31. The van der Waals surface area contributed by atoms with Gasteiger partial charge in [-0.2, -0.15) is 0 Å². The minimum atomic E-state index is -0.0658. The molecule has 126 valence electrons. The molecule has 0 bridgehead atoms. The van der Waals surface area contributed by atoms with Gasteiger partial charge in [0.2, 0.25) is 0 Å². The Labute approximate surface area is 149 Å². The summed E-state index contributed by atoms with van der Waals surface area (Å²) in [4.78, 5) is 30.3. The van der Waals surface area contributed by atoms with Crippen LogP contribution in [-0.2, 0) is 13.1 Å². The maximum absolute atomic E-state index is 13.2. The Balaban J connectivity index is 1.81. The van der Waals surface area contributed by atoms with Gasteiger partial charge < -0.3 is 9.13 Å². The monoisotopic (exact) mass is 341 g/mol. The van der Waals surface area contributed by atoms with Gasteiger partial charge in [-0.15, -0.1) is 0 Å². The van der Waals surface area contributed by atoms with Gasteiger partial charge in [0.25, 0.3) is 5.56 Å². The summed E-state index contributed by atoms with van der Waals surface area (Å²) in [5.41, 5.74) is 2.79. The van der Waals surface area contributed by atoms with Gasteiger partial charge in [-0.25, -0.2) is 4.98 Å². The van der Waals surface area contributed by atoms with Crippen LogP contribution in [0.15, 0.2) is 72.0 Å². The van der Waals surface area contributed by atoms with Gasteiger partial charge in [0.1, 0.15) is 0 Å². The van der Waals surface area contributed by atoms with Crippen molar-refractivity contribution in [2.45, 2.75) is 13.1 Å². The second kappa shape index (κ2) is 5.52. The second-order valence-corrected chi connectivity index (χ2v) is 6.40. The molecule has 0 amide bonds. The molecule has 0 fully saturated rings. The molecular weight excluding hydrogens is 326 g/mol. The number of rotatable bonds is 3. The van der Waals surface area contributed by atoms with Gasteiger partial charge in [0.15, 0.2) is 5.78 Å². The van der Waals surface area contributed by atoms with Gasteiger partial charge in [-0.05, 0) is 6.07 Å². The molecule has 5 rings (SSSR count). The minimum Gasteiger partial charge on any atom is -0.336 e. The highest BCUT2D eigenvalue weighted by atomic mass is 16.1. The summed E-state index contributed by atoms with van der Waals surface area (Å²) in [6, 6.07) is 14.9. The second-order valence-electron chi connectivity index (χ2n) is 6.40. The van der Waals surface area contributed by atoms with Crippen molar-refractivity contribution in [3.05, 3.63) is 88.7 Å². The molecule has 0 saturated heterocycles. The van der Waals surface area contributed by atoms with Gasteiger partial charge in [-0.3, -0.25) is 9.59 Å². The summed E-state index contributed by atoms with van der Waals surface area (Å²) < 4.78 is 3.66. The molecule has 4 aromatic rings. The average Bonchev–Trinajstić information content (AvgIpc) is 3.29. The molecule has 5 heteroatoms. The van der Waals surface area contributed by atoms with Gasteiger partial charge in [0, 0.05) is 47.4 Å². The topological polar surface area (TPSA) is 56.9 Å². The van der Waals surface area contributed by atoms with Crippen LogP contribution in [0.5, 0.6) is 0 Å². The number of fused-ring (bicyclic) bond motifs is 5. The van der Waals surface area contributed by atoms with Crippen LogP contribution >= 0.6 is 0 Å². The first-order valence-electron chi connectivity index (χ1n) is 8.51. The van der Waals surface area contributed by atoms with Crippen LogP contribution in [0.1, 0.15) is 15.9 Å². The van der Waals surface area contributed by atoms with E-state index in [0.717, 1.165) is 16.6 Å². The summed E-state index contributed by atoms with van der Waals surface area (Å²) in [6.45, 7) is 1.09. The standard InChI is InChI=1S/C21H15N3O2/c25-20-16-7-3-2-6-15(16)19-18(20)14-5-1-4-8-17(14)21(26)24(19)12-11-23-10-9-22-13-23/h1-10,13H,11-12H2. The Morgan fingerprint density at radius 2 is 1.58 bits per heavy atom. The minimum absolute atomic E-state index is 0.0109. The summed E-state index contributed by atoms with van der Waals surface area (Å²) in [7, 11) is 0. The molecule has 2 heterocycles. The Bertz CT molecular complexity index is 1220. The number of carbonyl (C=O) groups is 1. The number of aryl methyl sites for hydroxylation is 1. The number of pyridine rings is 1. The van der Waals surface area contributed by atoms with Gasteiger partial charge >= 0.3 is 0 Å². The Morgan fingerprint density at radius 1 is 0.846 bits per heavy atom. The highest BCUT2D eigenvalue weighted by Crippen LogP contribution is 2.38. The van der Waals surface area contributed by atoms with Crippen molar-refractivity contribution < 1.29 is 4.79 Å². The first-order chi connectivity index (χ1) is 12.8. The fourth-order valence-electron chi connectivity index (χ4n) is 3.78. The van der Waals surface area contributed by atoms with E-state index in [1.54, 1.807) is 23.2 Å². The van der Waals surface area contributed by atoms with Crippen molar-refractivity contribution in [3.8, 4) is 11.3 Å². The van der Waals surface area contributed by atoms with Crippen LogP contribution < -0.4 is 5.56 Å². The third kappa shape index (κ3) is 2.00. The van der Waals surface area contributed by atoms with Crippen molar-refractivity contribution in [2.75, 3.05) is 0 Å². The van der Waals surface area contributed by atoms with Crippen molar-refractivity contribution in [1.82, 2.24) is 14.1 Å². The molecule has 0 N–H and O–H groups in total. The predicted molar refractivity (Wildman–Crippen MR) is 99.3 cm³/mol. The van der Waals surface area contributed by atoms with Crippen LogP contribution in [0.2, 0.25) is 0 Å². The first kappa shape index (κ1) is 14.8. The quantitative estimate of drug-likeness (QED) is 0.507. The van der Waals surface area contributed by atoms with E-state index in [4.69, 9.17) is 0 Å². The maximum Gasteiger partial charge on any atom is 0.259 e. The van der Waals surface area contributed by atoms with E-state index in [-0.39, 0.29) is 11.3 Å². The molecule has 26 heavy (non-hydrogen) atoms. The molecule has 0 atom stereocenters. The zero-order chi connectivity index (χ0) is 17.7. The largest absolute Gasteiger partial charge is 0.336 e. The molecular formula is C21H15N3O2. The Kier molecular flexibility index (Phi) is 3.15. The molecule has 1 aliphatic rings. The molecule has 0 unspecified atom stereocenters. The van der Waals surface area contributed by atoms with Gasteiger partial charge in [-0.1, -0.05) is 42.5 Å². The molecule has 0 radical (unpaired) electrons. The highest BCUT2D eigenvalue weighted by molar-refractivity contribution is 6.26. The molecule has 1 aliphatic carbocycles. The molecule has 0 saturated carbocycles. The molecule has 0 aliphatic heterocycles. The number of hydrogen-bond acceptors (Lipinski definition) is 3. The fraction of sp³-hybridized carbons (Fsp3) is 0.0952. The van der Waals surface area contributed by atoms with Crippen molar-refractivity contribution >= 4 is 16.6 Å². The normalized spacial score (nSPS) is 12.4. The third-order valence-corrected chi connectivity index (χ3v) is 4.97. The fourth-order valence-corrected chi connectivity index (χ4v) is 3.78. The molecule has 2 aromatic carbocycles. The molecule has 0 spiro atoms. The third-order valence-electron chi connectivity index (χ3n) is 4.97. The van der Waals surface area contributed by atoms with Crippen LogP contribution in [0.25, 0.3) is 22.0 Å². The van der Waals surface area contributed by atoms with Gasteiger partial charge in [0.05, 0.1) is 17.6 Å². The lowest BCUT2D eigenvalue weighted by molar-refractivity contribution is 0.104. The van der Waals surface area contributed by atoms with Crippen molar-refractivity contribution in [1.29, 1.82) is 0 Å². The predicted octanol–water partition coefficient (Wildman–Crippen LogP) is 3.11. The number of aromatic nitrogens is 3. The molecule has 2 aromatic heterocycles. The summed E-state index contributed by atoms with van der Waals surface area (Å²) in [5.74, 6) is -0.0109. The number of nitrogens with zero attached hydrogens (tertiary/aromatic N) is 3. The number of carbonyl (C=O) groups excluding carboxylic acids is 1. The molecule has 5 nitrogen and oxygen atoms in total. The summed E-state index contributed by atoms with van der Waals surface area (Å²) >= 11 is 0. The van der Waals surface area contributed by atoms with E-state index < -0.39 is 0 Å². The van der Waals surface area contributed by atoms with Crippen LogP contribution in [0.4, 0.5) is 0 Å². The number of benzene rings is 2. The Hall–Kier alpha value is -3.47. The first-order valence-corrected chi connectivity index (χ1v) is 8.51. The lowest BCUT2D eigenvalue weighted by atomic mass is 10.0. The van der Waals surface area contributed by atoms with E-state index in [9.17, 15) is 9.59 Å². The Morgan fingerprint density at radius 3 is 2.35 bits per heavy atom. The lowest BCUT2D eigenvalue weighted by Gasteiger charge is -2.15. The van der Waals surface area contributed by atoms with Crippen molar-refractivity contribution in [2.24, 2.45) is 0 Å². The van der Waals surface area contributed by atoms with Crippen LogP contribution in [0.3, 0.4) is 0 Å². The number of ketones is 1. The van der Waals surface area contributed by atoms with E-state index >= 15 is 0 Å². The van der Waals surface area contributed by atoms with E-state index in [2.05, 4.69) is 4.98 Å². The average molecular weight is 341 g/mol. The zero-order valence-corrected chi connectivity index (χ0v) is 13.9. The maximum atomic E-state index is 13.2. The van der Waals surface area contributed by atoms with Crippen LogP contribution in [-0.4, -0.2) is 19.9 Å².